The molecule has 2 amide bonds. The Morgan fingerprint density at radius 2 is 1.61 bits per heavy atom. The maximum atomic E-state index is 12.8. The van der Waals surface area contributed by atoms with E-state index < -0.39 is 10.0 Å². The third-order valence-electron chi connectivity index (χ3n) is 6.02. The average molecular weight is 442 g/mol. The van der Waals surface area contributed by atoms with Gasteiger partial charge in [0.1, 0.15) is 0 Å². The maximum absolute atomic E-state index is 12.8. The van der Waals surface area contributed by atoms with Gasteiger partial charge in [0.15, 0.2) is 0 Å². The predicted octanol–water partition coefficient (Wildman–Crippen LogP) is 2.63. The highest BCUT2D eigenvalue weighted by Gasteiger charge is 2.32. The number of benzene rings is 2. The molecule has 2 heterocycles. The van der Waals surface area contributed by atoms with Gasteiger partial charge in [-0.15, -0.1) is 0 Å². The van der Waals surface area contributed by atoms with Crippen molar-refractivity contribution in [2.75, 3.05) is 16.3 Å². The molecule has 0 radical (unpaired) electrons. The lowest BCUT2D eigenvalue weighted by Crippen LogP contribution is -2.38. The summed E-state index contributed by atoms with van der Waals surface area (Å²) >= 11 is 0. The van der Waals surface area contributed by atoms with E-state index in [2.05, 4.69) is 4.72 Å². The molecule has 8 heteroatoms. The summed E-state index contributed by atoms with van der Waals surface area (Å²) < 4.78 is 28.1. The maximum Gasteiger partial charge on any atom is 0.240 e. The van der Waals surface area contributed by atoms with Crippen molar-refractivity contribution in [3.8, 4) is 0 Å². The van der Waals surface area contributed by atoms with Crippen molar-refractivity contribution >= 4 is 33.2 Å². The number of carbonyl (C=O) groups excluding carboxylic acids is 2. The number of para-hydroxylation sites is 1. The van der Waals surface area contributed by atoms with Crippen LogP contribution in [0.25, 0.3) is 0 Å². The molecule has 164 valence electrons. The van der Waals surface area contributed by atoms with Gasteiger partial charge in [-0.1, -0.05) is 18.2 Å². The molecular formula is C23H27N3O4S. The van der Waals surface area contributed by atoms with E-state index in [9.17, 15) is 18.0 Å². The van der Waals surface area contributed by atoms with Crippen LogP contribution >= 0.6 is 0 Å². The number of sulfonamides is 1. The smallest absolute Gasteiger partial charge is 0.240 e. The molecule has 2 aliphatic heterocycles. The van der Waals surface area contributed by atoms with Crippen molar-refractivity contribution in [1.82, 2.24) is 4.72 Å². The molecule has 0 saturated heterocycles. The molecular weight excluding hydrogens is 414 g/mol. The summed E-state index contributed by atoms with van der Waals surface area (Å²) in [6, 6.07) is 12.7. The Balaban J connectivity index is 1.42. The van der Waals surface area contributed by atoms with Gasteiger partial charge in [-0.3, -0.25) is 9.59 Å². The highest BCUT2D eigenvalue weighted by molar-refractivity contribution is 7.89. The molecule has 7 nitrogen and oxygen atoms in total. The van der Waals surface area contributed by atoms with Crippen molar-refractivity contribution in [3.63, 3.8) is 0 Å². The highest BCUT2D eigenvalue weighted by Crippen LogP contribution is 2.34. The fourth-order valence-electron chi connectivity index (χ4n) is 4.70. The van der Waals surface area contributed by atoms with Gasteiger partial charge in [0, 0.05) is 43.3 Å². The van der Waals surface area contributed by atoms with Gasteiger partial charge >= 0.3 is 0 Å². The lowest BCUT2D eigenvalue weighted by atomic mass is 10.1. The summed E-state index contributed by atoms with van der Waals surface area (Å²) in [5, 5.41) is 0. The number of anilines is 2. The molecule has 2 atom stereocenters. The van der Waals surface area contributed by atoms with Gasteiger partial charge < -0.3 is 9.80 Å². The third kappa shape index (κ3) is 3.97. The Kier molecular flexibility index (Phi) is 5.61. The van der Waals surface area contributed by atoms with E-state index in [0.717, 1.165) is 28.9 Å². The second-order valence-corrected chi connectivity index (χ2v) is 10.1. The molecule has 2 unspecified atom stereocenters. The number of hydrogen-bond acceptors (Lipinski definition) is 4. The molecule has 31 heavy (non-hydrogen) atoms. The van der Waals surface area contributed by atoms with Gasteiger partial charge in [0.25, 0.3) is 0 Å². The molecule has 0 aromatic heterocycles. The Morgan fingerprint density at radius 3 is 2.35 bits per heavy atom. The molecule has 0 aliphatic carbocycles. The van der Waals surface area contributed by atoms with E-state index in [-0.39, 0.29) is 41.8 Å². The predicted molar refractivity (Wildman–Crippen MR) is 120 cm³/mol. The summed E-state index contributed by atoms with van der Waals surface area (Å²) in [7, 11) is -3.75. The number of hydrogen-bond donors (Lipinski definition) is 1. The van der Waals surface area contributed by atoms with Crippen LogP contribution in [0.2, 0.25) is 0 Å². The van der Waals surface area contributed by atoms with E-state index in [4.69, 9.17) is 0 Å². The Bertz CT molecular complexity index is 1150. The summed E-state index contributed by atoms with van der Waals surface area (Å²) in [6.07, 6.45) is 1.50. The molecule has 2 aromatic carbocycles. The molecule has 2 aliphatic rings. The van der Waals surface area contributed by atoms with E-state index in [0.29, 0.717) is 6.42 Å². The SMILES string of the molecule is CC(=O)N1c2ccc(S(=O)(=O)NCCC(=O)N3c4ccccc4CC3C)cc2CC1C. The fourth-order valence-corrected chi connectivity index (χ4v) is 5.78. The number of nitrogens with zero attached hydrogens (tertiary/aromatic N) is 2. The van der Waals surface area contributed by atoms with Crippen molar-refractivity contribution < 1.29 is 18.0 Å². The van der Waals surface area contributed by atoms with Gasteiger partial charge in [0.2, 0.25) is 21.8 Å². The van der Waals surface area contributed by atoms with E-state index >= 15 is 0 Å². The van der Waals surface area contributed by atoms with Gasteiger partial charge in [-0.25, -0.2) is 13.1 Å². The number of amides is 2. The number of nitrogens with one attached hydrogen (secondary N) is 1. The number of carbonyl (C=O) groups is 2. The Hall–Kier alpha value is -2.71. The summed E-state index contributed by atoms with van der Waals surface area (Å²) in [5.41, 5.74) is 3.64. The molecule has 0 bridgehead atoms. The van der Waals surface area contributed by atoms with E-state index in [1.165, 1.54) is 13.0 Å². The second-order valence-electron chi connectivity index (χ2n) is 8.33. The molecule has 0 fully saturated rings. The van der Waals surface area contributed by atoms with Crippen LogP contribution < -0.4 is 14.5 Å². The van der Waals surface area contributed by atoms with Crippen LogP contribution in [-0.2, 0) is 32.5 Å². The zero-order valence-electron chi connectivity index (χ0n) is 18.0. The van der Waals surface area contributed by atoms with Gasteiger partial charge in [0.05, 0.1) is 4.90 Å². The third-order valence-corrected chi connectivity index (χ3v) is 7.48. The van der Waals surface area contributed by atoms with Gasteiger partial charge in [-0.2, -0.15) is 0 Å². The Labute approximate surface area is 183 Å². The number of rotatable bonds is 5. The van der Waals surface area contributed by atoms with Crippen molar-refractivity contribution in [2.45, 2.75) is 57.0 Å². The van der Waals surface area contributed by atoms with Crippen LogP contribution in [0.1, 0.15) is 38.3 Å². The average Bonchev–Trinajstić information content (AvgIpc) is 3.22. The monoisotopic (exact) mass is 441 g/mol. The van der Waals surface area contributed by atoms with E-state index in [1.54, 1.807) is 21.9 Å². The molecule has 4 rings (SSSR count). The lowest BCUT2D eigenvalue weighted by molar-refractivity contribution is -0.119. The summed E-state index contributed by atoms with van der Waals surface area (Å²) in [4.78, 5) is 28.3. The van der Waals surface area contributed by atoms with Crippen molar-refractivity contribution in [2.24, 2.45) is 0 Å². The zero-order chi connectivity index (χ0) is 22.3. The standard InChI is InChI=1S/C23H27N3O4S/c1-15-13-19-14-20(8-9-22(19)25(15)17(3)27)31(29,30)24-11-10-23(28)26-16(2)12-18-6-4-5-7-21(18)26/h4-9,14-16,24H,10-13H2,1-3H3. The summed E-state index contributed by atoms with van der Waals surface area (Å²) in [5.74, 6) is -0.156. The second kappa shape index (κ2) is 8.09. The normalized spacial score (nSPS) is 20.0. The topological polar surface area (TPSA) is 86.8 Å². The fraction of sp³-hybridized carbons (Fsp3) is 0.391. The van der Waals surface area contributed by atoms with Crippen LogP contribution in [0.4, 0.5) is 11.4 Å². The lowest BCUT2D eigenvalue weighted by Gasteiger charge is -2.23. The largest absolute Gasteiger partial charge is 0.309 e. The molecule has 2 aromatic rings. The quantitative estimate of drug-likeness (QED) is 0.773. The first kappa shape index (κ1) is 21.5. The van der Waals surface area contributed by atoms with Crippen LogP contribution in [0.5, 0.6) is 0 Å². The molecule has 0 saturated carbocycles. The zero-order valence-corrected chi connectivity index (χ0v) is 18.8. The van der Waals surface area contributed by atoms with Crippen LogP contribution in [0.15, 0.2) is 47.4 Å². The van der Waals surface area contributed by atoms with Gasteiger partial charge in [-0.05, 0) is 62.1 Å². The summed E-state index contributed by atoms with van der Waals surface area (Å²) in [6.45, 7) is 5.48. The van der Waals surface area contributed by atoms with Crippen LogP contribution in [0.3, 0.4) is 0 Å². The first-order valence-electron chi connectivity index (χ1n) is 10.5. The first-order valence-corrected chi connectivity index (χ1v) is 12.0. The number of fused-ring (bicyclic) bond motifs is 2. The highest BCUT2D eigenvalue weighted by atomic mass is 32.2. The minimum absolute atomic E-state index is 0.00126. The van der Waals surface area contributed by atoms with Crippen molar-refractivity contribution in [3.05, 3.63) is 53.6 Å². The van der Waals surface area contributed by atoms with Crippen molar-refractivity contribution in [1.29, 1.82) is 0 Å². The Morgan fingerprint density at radius 1 is 0.968 bits per heavy atom. The minimum Gasteiger partial charge on any atom is -0.309 e. The minimum atomic E-state index is -3.75. The van der Waals surface area contributed by atoms with Crippen LogP contribution in [-0.4, -0.2) is 38.9 Å². The molecule has 0 spiro atoms. The first-order chi connectivity index (χ1) is 14.7. The molecule has 1 N–H and O–H groups in total. The van der Waals surface area contributed by atoms with Crippen LogP contribution in [0, 0.1) is 0 Å². The van der Waals surface area contributed by atoms with E-state index in [1.807, 2.05) is 38.1 Å².